The lowest BCUT2D eigenvalue weighted by Gasteiger charge is -2.21. The molecular formula is C12H17ClO. The van der Waals surface area contributed by atoms with Crippen molar-refractivity contribution in [3.8, 4) is 0 Å². The smallest absolute Gasteiger partial charge is 0.0494 e. The van der Waals surface area contributed by atoms with Crippen molar-refractivity contribution in [3.63, 3.8) is 0 Å². The molecule has 0 radical (unpaired) electrons. The second kappa shape index (κ2) is 6.05. The Labute approximate surface area is 91.0 Å². The summed E-state index contributed by atoms with van der Waals surface area (Å²) in [7, 11) is 1.73. The van der Waals surface area contributed by atoms with E-state index in [4.69, 9.17) is 16.3 Å². The van der Waals surface area contributed by atoms with Gasteiger partial charge in [0.25, 0.3) is 0 Å². The van der Waals surface area contributed by atoms with Crippen molar-refractivity contribution in [1.82, 2.24) is 0 Å². The average Bonchev–Trinajstić information content (AvgIpc) is 2.21. The number of ether oxygens (including phenoxy) is 1. The van der Waals surface area contributed by atoms with Crippen molar-refractivity contribution in [2.75, 3.05) is 19.6 Å². The third kappa shape index (κ3) is 3.00. The Balaban J connectivity index is 2.71. The topological polar surface area (TPSA) is 9.23 Å². The minimum absolute atomic E-state index is 0.387. The van der Waals surface area contributed by atoms with Gasteiger partial charge in [-0.25, -0.2) is 0 Å². The van der Waals surface area contributed by atoms with Crippen molar-refractivity contribution in [2.24, 2.45) is 5.92 Å². The van der Waals surface area contributed by atoms with Gasteiger partial charge in [0.15, 0.2) is 0 Å². The van der Waals surface area contributed by atoms with Gasteiger partial charge in [0.05, 0.1) is 0 Å². The molecule has 0 aliphatic heterocycles. The van der Waals surface area contributed by atoms with Crippen LogP contribution >= 0.6 is 11.6 Å². The first-order valence-electron chi connectivity index (χ1n) is 4.89. The molecule has 1 aromatic carbocycles. The van der Waals surface area contributed by atoms with E-state index in [0.717, 1.165) is 6.61 Å². The summed E-state index contributed by atoms with van der Waals surface area (Å²) in [5, 5.41) is 0. The number of methoxy groups -OCH3 is 1. The molecule has 0 saturated heterocycles. The van der Waals surface area contributed by atoms with Gasteiger partial charge in [-0.2, -0.15) is 0 Å². The fourth-order valence-electron chi connectivity index (χ4n) is 1.65. The number of hydrogen-bond acceptors (Lipinski definition) is 1. The van der Waals surface area contributed by atoms with Crippen molar-refractivity contribution < 1.29 is 4.74 Å². The summed E-state index contributed by atoms with van der Waals surface area (Å²) in [6.07, 6.45) is 0. The van der Waals surface area contributed by atoms with E-state index in [0.29, 0.717) is 17.7 Å². The molecule has 78 valence electrons. The van der Waals surface area contributed by atoms with Crippen LogP contribution in [-0.2, 0) is 4.74 Å². The fourth-order valence-corrected chi connectivity index (χ4v) is 2.13. The highest BCUT2D eigenvalue weighted by Crippen LogP contribution is 2.25. The zero-order chi connectivity index (χ0) is 10.4. The van der Waals surface area contributed by atoms with E-state index in [1.165, 1.54) is 5.56 Å². The molecule has 2 heteroatoms. The van der Waals surface area contributed by atoms with Crippen molar-refractivity contribution in [2.45, 2.75) is 12.8 Å². The summed E-state index contributed by atoms with van der Waals surface area (Å²) in [5.74, 6) is 1.49. The second-order valence-corrected chi connectivity index (χ2v) is 3.91. The Morgan fingerprint density at radius 2 is 1.93 bits per heavy atom. The molecule has 0 aliphatic rings. The van der Waals surface area contributed by atoms with Crippen LogP contribution in [0.15, 0.2) is 30.3 Å². The third-order valence-electron chi connectivity index (χ3n) is 2.51. The van der Waals surface area contributed by atoms with Gasteiger partial charge < -0.3 is 4.74 Å². The Morgan fingerprint density at radius 1 is 1.29 bits per heavy atom. The summed E-state index contributed by atoms with van der Waals surface area (Å²) in [6.45, 7) is 2.93. The number of hydrogen-bond donors (Lipinski definition) is 0. The van der Waals surface area contributed by atoms with E-state index in [-0.39, 0.29) is 0 Å². The zero-order valence-corrected chi connectivity index (χ0v) is 9.50. The van der Waals surface area contributed by atoms with Crippen LogP contribution in [0.2, 0.25) is 0 Å². The highest BCUT2D eigenvalue weighted by molar-refractivity contribution is 6.18. The first kappa shape index (κ1) is 11.5. The van der Waals surface area contributed by atoms with Crippen LogP contribution < -0.4 is 0 Å². The summed E-state index contributed by atoms with van der Waals surface area (Å²) < 4.78 is 5.15. The highest BCUT2D eigenvalue weighted by Gasteiger charge is 2.17. The Morgan fingerprint density at radius 3 is 2.43 bits per heavy atom. The Hall–Kier alpha value is -0.530. The van der Waals surface area contributed by atoms with E-state index in [2.05, 4.69) is 31.2 Å². The third-order valence-corrected chi connectivity index (χ3v) is 2.84. The first-order valence-corrected chi connectivity index (χ1v) is 5.43. The van der Waals surface area contributed by atoms with Gasteiger partial charge in [-0.3, -0.25) is 0 Å². The summed E-state index contributed by atoms with van der Waals surface area (Å²) in [6, 6.07) is 10.4. The first-order chi connectivity index (χ1) is 6.79. The number of rotatable bonds is 5. The molecule has 2 atom stereocenters. The second-order valence-electron chi connectivity index (χ2n) is 3.60. The molecule has 0 saturated carbocycles. The van der Waals surface area contributed by atoms with Crippen LogP contribution in [-0.4, -0.2) is 19.6 Å². The molecule has 1 rings (SSSR count). The molecule has 0 heterocycles. The van der Waals surface area contributed by atoms with Gasteiger partial charge in [0, 0.05) is 25.5 Å². The minimum atomic E-state index is 0.387. The van der Waals surface area contributed by atoms with Gasteiger partial charge in [-0.15, -0.1) is 11.6 Å². The monoisotopic (exact) mass is 212 g/mol. The molecule has 0 aliphatic carbocycles. The van der Waals surface area contributed by atoms with Gasteiger partial charge in [-0.1, -0.05) is 37.3 Å². The Bertz CT molecular complexity index is 248. The van der Waals surface area contributed by atoms with E-state index in [1.807, 2.05) is 6.07 Å². The summed E-state index contributed by atoms with van der Waals surface area (Å²) in [4.78, 5) is 0. The van der Waals surface area contributed by atoms with E-state index >= 15 is 0 Å². The van der Waals surface area contributed by atoms with Gasteiger partial charge >= 0.3 is 0 Å². The normalized spacial score (nSPS) is 15.1. The standard InChI is InChI=1S/C12H17ClO/c1-10(9-14-2)12(8-13)11-6-4-3-5-7-11/h3-7,10,12H,8-9H2,1-2H3. The molecule has 0 N–H and O–H groups in total. The predicted molar refractivity (Wildman–Crippen MR) is 60.9 cm³/mol. The number of benzene rings is 1. The maximum atomic E-state index is 5.98. The number of halogens is 1. The molecule has 0 aromatic heterocycles. The molecule has 0 bridgehead atoms. The fraction of sp³-hybridized carbons (Fsp3) is 0.500. The maximum Gasteiger partial charge on any atom is 0.0494 e. The van der Waals surface area contributed by atoms with Crippen LogP contribution in [0.4, 0.5) is 0 Å². The van der Waals surface area contributed by atoms with Crippen molar-refractivity contribution in [1.29, 1.82) is 0 Å². The SMILES string of the molecule is COCC(C)C(CCl)c1ccccc1. The largest absolute Gasteiger partial charge is 0.384 e. The lowest BCUT2D eigenvalue weighted by Crippen LogP contribution is -2.16. The lowest BCUT2D eigenvalue weighted by atomic mass is 9.89. The number of alkyl halides is 1. The minimum Gasteiger partial charge on any atom is -0.384 e. The predicted octanol–water partition coefficient (Wildman–Crippen LogP) is 3.29. The van der Waals surface area contributed by atoms with Crippen LogP contribution in [0.5, 0.6) is 0 Å². The maximum absolute atomic E-state index is 5.98. The van der Waals surface area contributed by atoms with Gasteiger partial charge in [-0.05, 0) is 11.5 Å². The average molecular weight is 213 g/mol. The summed E-state index contributed by atoms with van der Waals surface area (Å²) in [5.41, 5.74) is 1.30. The van der Waals surface area contributed by atoms with Gasteiger partial charge in [0.2, 0.25) is 0 Å². The van der Waals surface area contributed by atoms with Crippen LogP contribution in [0.25, 0.3) is 0 Å². The van der Waals surface area contributed by atoms with Gasteiger partial charge in [0.1, 0.15) is 0 Å². The highest BCUT2D eigenvalue weighted by atomic mass is 35.5. The van der Waals surface area contributed by atoms with Crippen LogP contribution in [0.3, 0.4) is 0 Å². The molecule has 0 spiro atoms. The van der Waals surface area contributed by atoms with Crippen LogP contribution in [0, 0.1) is 5.92 Å². The van der Waals surface area contributed by atoms with E-state index < -0.39 is 0 Å². The molecule has 0 amide bonds. The molecule has 14 heavy (non-hydrogen) atoms. The summed E-state index contributed by atoms with van der Waals surface area (Å²) >= 11 is 5.98. The molecule has 0 fully saturated rings. The molecular weight excluding hydrogens is 196 g/mol. The van der Waals surface area contributed by atoms with Crippen molar-refractivity contribution in [3.05, 3.63) is 35.9 Å². The Kier molecular flexibility index (Phi) is 4.99. The zero-order valence-electron chi connectivity index (χ0n) is 8.74. The quantitative estimate of drug-likeness (QED) is 0.681. The van der Waals surface area contributed by atoms with Crippen LogP contribution in [0.1, 0.15) is 18.4 Å². The molecule has 1 aromatic rings. The van der Waals surface area contributed by atoms with Crippen molar-refractivity contribution >= 4 is 11.6 Å². The molecule has 1 nitrogen and oxygen atoms in total. The van der Waals surface area contributed by atoms with E-state index in [9.17, 15) is 0 Å². The molecule has 2 unspecified atom stereocenters. The lowest BCUT2D eigenvalue weighted by molar-refractivity contribution is 0.150. The van der Waals surface area contributed by atoms with E-state index in [1.54, 1.807) is 7.11 Å².